The Morgan fingerprint density at radius 3 is 2.58 bits per heavy atom. The van der Waals surface area contributed by atoms with Crippen LogP contribution in [0.15, 0.2) is 24.4 Å². The molecule has 2 aromatic rings. The van der Waals surface area contributed by atoms with Crippen molar-refractivity contribution in [3.05, 3.63) is 35.7 Å². The van der Waals surface area contributed by atoms with E-state index in [1.54, 1.807) is 6.20 Å². The van der Waals surface area contributed by atoms with Gasteiger partial charge >= 0.3 is 7.12 Å². The van der Waals surface area contributed by atoms with Gasteiger partial charge in [0.2, 0.25) is 0 Å². The van der Waals surface area contributed by atoms with Crippen molar-refractivity contribution in [2.45, 2.75) is 52.4 Å². The summed E-state index contributed by atoms with van der Waals surface area (Å²) in [5.41, 5.74) is 3.79. The summed E-state index contributed by atoms with van der Waals surface area (Å²) < 4.78 is 18.1. The van der Waals surface area contributed by atoms with E-state index in [0.717, 1.165) is 30.0 Å². The van der Waals surface area contributed by atoms with E-state index in [1.807, 2.05) is 0 Å². The molecule has 1 aromatic carbocycles. The number of hydrogen-bond acceptors (Lipinski definition) is 5. The second kappa shape index (κ2) is 6.03. The molecule has 0 aliphatic carbocycles. The monoisotopic (exact) mass is 355 g/mol. The molecule has 2 aliphatic rings. The number of ether oxygens (including phenoxy) is 1. The van der Waals surface area contributed by atoms with Crippen LogP contribution in [0.4, 0.5) is 5.69 Å². The number of aryl methyl sites for hydroxylation is 1. The maximum Gasteiger partial charge on any atom is 0.494 e. The molecule has 6 nitrogen and oxygen atoms in total. The number of nitrogens with one attached hydrogen (secondary N) is 1. The molecule has 26 heavy (non-hydrogen) atoms. The normalized spacial score (nSPS) is 21.3. The summed E-state index contributed by atoms with van der Waals surface area (Å²) in [5.74, 6) is 0.846. The van der Waals surface area contributed by atoms with Crippen molar-refractivity contribution < 1.29 is 14.0 Å². The van der Waals surface area contributed by atoms with Crippen LogP contribution in [0, 0.1) is 6.92 Å². The first-order chi connectivity index (χ1) is 12.3. The SMILES string of the molecule is Cc1cc(B2OC(C)(C)C(C)(C)O2)ccc1N1CCOc2cn[nH]c2C1. The summed E-state index contributed by atoms with van der Waals surface area (Å²) in [7, 11) is -0.334. The Hall–Kier alpha value is -1.99. The van der Waals surface area contributed by atoms with Gasteiger partial charge in [-0.3, -0.25) is 5.10 Å². The molecule has 0 bridgehead atoms. The molecule has 2 aliphatic heterocycles. The van der Waals surface area contributed by atoms with Crippen LogP contribution < -0.4 is 15.1 Å². The van der Waals surface area contributed by atoms with Crippen molar-refractivity contribution in [1.29, 1.82) is 0 Å². The highest BCUT2D eigenvalue weighted by molar-refractivity contribution is 6.62. The number of H-pyrrole nitrogens is 1. The van der Waals surface area contributed by atoms with Crippen molar-refractivity contribution in [1.82, 2.24) is 10.2 Å². The molecule has 1 N–H and O–H groups in total. The Morgan fingerprint density at radius 1 is 1.15 bits per heavy atom. The molecule has 3 heterocycles. The average molecular weight is 355 g/mol. The van der Waals surface area contributed by atoms with Crippen LogP contribution >= 0.6 is 0 Å². The minimum absolute atomic E-state index is 0.330. The number of rotatable bonds is 2. The molecule has 0 atom stereocenters. The number of nitrogens with zero attached hydrogens (tertiary/aromatic N) is 2. The lowest BCUT2D eigenvalue weighted by Crippen LogP contribution is -2.41. The van der Waals surface area contributed by atoms with Gasteiger partial charge < -0.3 is 18.9 Å². The first-order valence-electron chi connectivity index (χ1n) is 9.13. The summed E-state index contributed by atoms with van der Waals surface area (Å²) in [6.45, 7) is 12.7. The molecule has 1 aromatic heterocycles. The lowest BCUT2D eigenvalue weighted by Gasteiger charge is -2.32. The summed E-state index contributed by atoms with van der Waals surface area (Å²) in [6.07, 6.45) is 1.74. The highest BCUT2D eigenvalue weighted by Crippen LogP contribution is 2.36. The van der Waals surface area contributed by atoms with E-state index < -0.39 is 0 Å². The van der Waals surface area contributed by atoms with Crippen LogP contribution in [0.3, 0.4) is 0 Å². The Balaban J connectivity index is 1.57. The molecule has 4 rings (SSSR count). The van der Waals surface area contributed by atoms with Gasteiger partial charge in [-0.15, -0.1) is 0 Å². The van der Waals surface area contributed by atoms with Gasteiger partial charge in [0.05, 0.1) is 36.2 Å². The topological polar surface area (TPSA) is 59.6 Å². The number of aromatic nitrogens is 2. The standard InChI is InChI=1S/C19H26BN3O3/c1-13-10-14(20-25-18(2,3)19(4,5)26-20)6-7-16(13)23-8-9-24-17-11-21-22-15(17)12-23/h6-7,10-11H,8-9,12H2,1-5H3,(H,21,22). The minimum atomic E-state index is -0.334. The predicted molar refractivity (Wildman–Crippen MR) is 102 cm³/mol. The molecular weight excluding hydrogens is 329 g/mol. The fraction of sp³-hybridized carbons (Fsp3) is 0.526. The van der Waals surface area contributed by atoms with Gasteiger partial charge in [0.25, 0.3) is 0 Å². The van der Waals surface area contributed by atoms with Crippen LogP contribution in [0.2, 0.25) is 0 Å². The van der Waals surface area contributed by atoms with Crippen LogP contribution in [0.1, 0.15) is 39.0 Å². The summed E-state index contributed by atoms with van der Waals surface area (Å²) in [6, 6.07) is 6.41. The smallest absolute Gasteiger partial charge is 0.488 e. The molecule has 7 heteroatoms. The van der Waals surface area contributed by atoms with Gasteiger partial charge in [0, 0.05) is 5.69 Å². The molecule has 0 spiro atoms. The minimum Gasteiger partial charge on any atom is -0.488 e. The van der Waals surface area contributed by atoms with E-state index in [9.17, 15) is 0 Å². The molecule has 0 unspecified atom stereocenters. The number of benzene rings is 1. The van der Waals surface area contributed by atoms with Gasteiger partial charge in [0.15, 0.2) is 5.75 Å². The fourth-order valence-electron chi connectivity index (χ4n) is 3.44. The summed E-state index contributed by atoms with van der Waals surface area (Å²) >= 11 is 0. The maximum absolute atomic E-state index is 6.18. The predicted octanol–water partition coefficient (Wildman–Crippen LogP) is 2.42. The molecular formula is C19H26BN3O3. The van der Waals surface area contributed by atoms with E-state index in [2.05, 4.69) is 67.9 Å². The van der Waals surface area contributed by atoms with Crippen molar-refractivity contribution >= 4 is 18.3 Å². The molecule has 0 radical (unpaired) electrons. The lowest BCUT2D eigenvalue weighted by atomic mass is 9.78. The first kappa shape index (κ1) is 17.4. The zero-order valence-corrected chi connectivity index (χ0v) is 16.1. The summed E-state index contributed by atoms with van der Waals surface area (Å²) in [4.78, 5) is 2.31. The number of fused-ring (bicyclic) bond motifs is 1. The van der Waals surface area contributed by atoms with Crippen molar-refractivity contribution in [3.8, 4) is 5.75 Å². The Morgan fingerprint density at radius 2 is 1.88 bits per heavy atom. The molecule has 0 saturated carbocycles. The quantitative estimate of drug-likeness (QED) is 0.839. The Kier molecular flexibility index (Phi) is 4.04. The number of hydrogen-bond donors (Lipinski definition) is 1. The second-order valence-corrected chi connectivity index (χ2v) is 8.12. The van der Waals surface area contributed by atoms with Crippen LogP contribution in [-0.4, -0.2) is 41.7 Å². The largest absolute Gasteiger partial charge is 0.494 e. The molecule has 0 amide bonds. The van der Waals surface area contributed by atoms with Gasteiger partial charge in [-0.05, 0) is 51.7 Å². The van der Waals surface area contributed by atoms with E-state index in [-0.39, 0.29) is 18.3 Å². The average Bonchev–Trinajstić information content (AvgIpc) is 3.01. The fourth-order valence-corrected chi connectivity index (χ4v) is 3.44. The highest BCUT2D eigenvalue weighted by Gasteiger charge is 2.51. The maximum atomic E-state index is 6.18. The van der Waals surface area contributed by atoms with Crippen molar-refractivity contribution in [2.75, 3.05) is 18.1 Å². The number of aromatic amines is 1. The van der Waals surface area contributed by atoms with E-state index in [0.29, 0.717) is 6.61 Å². The zero-order chi connectivity index (χ0) is 18.5. The van der Waals surface area contributed by atoms with Crippen molar-refractivity contribution in [2.24, 2.45) is 0 Å². The van der Waals surface area contributed by atoms with E-state index >= 15 is 0 Å². The number of anilines is 1. The third kappa shape index (κ3) is 2.89. The van der Waals surface area contributed by atoms with Gasteiger partial charge in [-0.2, -0.15) is 5.10 Å². The highest BCUT2D eigenvalue weighted by atomic mass is 16.7. The first-order valence-corrected chi connectivity index (χ1v) is 9.13. The van der Waals surface area contributed by atoms with E-state index in [4.69, 9.17) is 14.0 Å². The van der Waals surface area contributed by atoms with Gasteiger partial charge in [0.1, 0.15) is 6.61 Å². The van der Waals surface area contributed by atoms with E-state index in [1.165, 1.54) is 11.3 Å². The van der Waals surface area contributed by atoms with Gasteiger partial charge in [-0.1, -0.05) is 12.1 Å². The Bertz CT molecular complexity index is 802. The third-order valence-corrected chi connectivity index (χ3v) is 5.73. The van der Waals surface area contributed by atoms with Crippen LogP contribution in [-0.2, 0) is 15.9 Å². The summed E-state index contributed by atoms with van der Waals surface area (Å²) in [5, 5.41) is 7.11. The van der Waals surface area contributed by atoms with Gasteiger partial charge in [-0.25, -0.2) is 0 Å². The third-order valence-electron chi connectivity index (χ3n) is 5.73. The second-order valence-electron chi connectivity index (χ2n) is 8.12. The zero-order valence-electron chi connectivity index (χ0n) is 16.1. The molecule has 1 saturated heterocycles. The van der Waals surface area contributed by atoms with Crippen molar-refractivity contribution in [3.63, 3.8) is 0 Å². The molecule has 138 valence electrons. The molecule has 1 fully saturated rings. The van der Waals surface area contributed by atoms with Crippen LogP contribution in [0.25, 0.3) is 0 Å². The lowest BCUT2D eigenvalue weighted by molar-refractivity contribution is 0.00578. The van der Waals surface area contributed by atoms with Crippen LogP contribution in [0.5, 0.6) is 5.75 Å². The Labute approximate surface area is 155 Å².